The van der Waals surface area contributed by atoms with Crippen LogP contribution in [0.4, 0.5) is 0 Å². The number of nitrogens with zero attached hydrogens (tertiary/aromatic N) is 1. The molecule has 0 saturated carbocycles. The third-order valence-electron chi connectivity index (χ3n) is 3.47. The molecule has 1 saturated heterocycles. The largest absolute Gasteiger partial charge is 0.336 e. The molecular formula is C13H15Cl2NO3S. The number of halogens is 2. The second-order valence-electron chi connectivity index (χ2n) is 5.05. The molecule has 0 radical (unpaired) electrons. The Hall–Kier alpha value is -0.780. The van der Waals surface area contributed by atoms with Crippen molar-refractivity contribution >= 4 is 37.2 Å². The first-order valence-corrected chi connectivity index (χ1v) is 9.09. The molecule has 1 fully saturated rings. The smallest absolute Gasteiger partial charge is 0.232 e. The first kappa shape index (κ1) is 15.6. The lowest BCUT2D eigenvalue weighted by Crippen LogP contribution is -2.29. The van der Waals surface area contributed by atoms with Crippen LogP contribution in [-0.2, 0) is 13.8 Å². The quantitative estimate of drug-likeness (QED) is 0.795. The lowest BCUT2D eigenvalue weighted by atomic mass is 10.1. The van der Waals surface area contributed by atoms with Crippen LogP contribution in [0.1, 0.15) is 24.9 Å². The number of hydrogen-bond donors (Lipinski definition) is 0. The Morgan fingerprint density at radius 1 is 1.45 bits per heavy atom. The summed E-state index contributed by atoms with van der Waals surface area (Å²) in [6.07, 6.45) is 0.219. The van der Waals surface area contributed by atoms with E-state index in [9.17, 15) is 13.2 Å². The molecule has 1 aliphatic heterocycles. The SMILES string of the molecule is CC(c1cccc(Cl)c1)N1CC(CS(=O)(=O)Cl)CC1=O. The topological polar surface area (TPSA) is 54.5 Å². The fraction of sp³-hybridized carbons (Fsp3) is 0.462. The third kappa shape index (κ3) is 3.87. The summed E-state index contributed by atoms with van der Waals surface area (Å²) >= 11 is 5.95. The molecule has 0 bridgehead atoms. The van der Waals surface area contributed by atoms with Crippen molar-refractivity contribution < 1.29 is 13.2 Å². The Kier molecular flexibility index (Phi) is 4.62. The normalized spacial score (nSPS) is 21.2. The van der Waals surface area contributed by atoms with E-state index < -0.39 is 9.05 Å². The molecule has 0 aromatic heterocycles. The van der Waals surface area contributed by atoms with Crippen molar-refractivity contribution in [1.82, 2.24) is 4.90 Å². The highest BCUT2D eigenvalue weighted by Gasteiger charge is 2.35. The van der Waals surface area contributed by atoms with Gasteiger partial charge in [0.25, 0.3) is 0 Å². The molecule has 1 amide bonds. The number of amides is 1. The minimum atomic E-state index is -3.58. The fourth-order valence-electron chi connectivity index (χ4n) is 2.52. The lowest BCUT2D eigenvalue weighted by Gasteiger charge is -2.25. The number of hydrogen-bond acceptors (Lipinski definition) is 3. The van der Waals surface area contributed by atoms with Gasteiger partial charge in [-0.3, -0.25) is 4.79 Å². The molecule has 0 spiro atoms. The molecule has 20 heavy (non-hydrogen) atoms. The van der Waals surface area contributed by atoms with E-state index in [1.807, 2.05) is 25.1 Å². The van der Waals surface area contributed by atoms with Gasteiger partial charge in [0.2, 0.25) is 15.0 Å². The zero-order valence-corrected chi connectivity index (χ0v) is 13.2. The summed E-state index contributed by atoms with van der Waals surface area (Å²) in [5.74, 6) is -0.464. The van der Waals surface area contributed by atoms with E-state index in [1.165, 1.54) is 0 Å². The van der Waals surface area contributed by atoms with E-state index in [4.69, 9.17) is 22.3 Å². The third-order valence-corrected chi connectivity index (χ3v) is 4.95. The second-order valence-corrected chi connectivity index (χ2v) is 8.31. The Morgan fingerprint density at radius 3 is 2.75 bits per heavy atom. The highest BCUT2D eigenvalue weighted by molar-refractivity contribution is 8.13. The van der Waals surface area contributed by atoms with Gasteiger partial charge in [-0.15, -0.1) is 0 Å². The number of benzene rings is 1. The van der Waals surface area contributed by atoms with Crippen molar-refractivity contribution in [2.24, 2.45) is 5.92 Å². The van der Waals surface area contributed by atoms with Gasteiger partial charge in [0.1, 0.15) is 0 Å². The fourth-order valence-corrected chi connectivity index (χ4v) is 4.04. The average molecular weight is 336 g/mol. The lowest BCUT2D eigenvalue weighted by molar-refractivity contribution is -0.129. The van der Waals surface area contributed by atoms with Gasteiger partial charge in [0.05, 0.1) is 11.8 Å². The number of likely N-dealkylation sites (tertiary alicyclic amines) is 1. The highest BCUT2D eigenvalue weighted by atomic mass is 35.7. The number of carbonyl (C=O) groups excluding carboxylic acids is 1. The molecule has 1 aromatic carbocycles. The molecule has 1 aromatic rings. The Morgan fingerprint density at radius 2 is 2.15 bits per heavy atom. The maximum Gasteiger partial charge on any atom is 0.232 e. The van der Waals surface area contributed by atoms with Crippen molar-refractivity contribution in [3.63, 3.8) is 0 Å². The Bertz CT molecular complexity index is 618. The molecule has 1 aliphatic rings. The molecule has 2 atom stereocenters. The van der Waals surface area contributed by atoms with Crippen LogP contribution in [0.15, 0.2) is 24.3 Å². The van der Waals surface area contributed by atoms with Gasteiger partial charge < -0.3 is 4.90 Å². The van der Waals surface area contributed by atoms with Crippen LogP contribution in [0.25, 0.3) is 0 Å². The second kappa shape index (κ2) is 5.92. The molecule has 1 heterocycles. The van der Waals surface area contributed by atoms with Gasteiger partial charge in [-0.05, 0) is 24.6 Å². The first-order valence-electron chi connectivity index (χ1n) is 6.23. The van der Waals surface area contributed by atoms with E-state index in [0.717, 1.165) is 5.56 Å². The summed E-state index contributed by atoms with van der Waals surface area (Å²) in [6.45, 7) is 2.31. The monoisotopic (exact) mass is 335 g/mol. The summed E-state index contributed by atoms with van der Waals surface area (Å²) in [7, 11) is 1.67. The van der Waals surface area contributed by atoms with E-state index in [1.54, 1.807) is 11.0 Å². The van der Waals surface area contributed by atoms with E-state index in [2.05, 4.69) is 0 Å². The summed E-state index contributed by atoms with van der Waals surface area (Å²) in [5.41, 5.74) is 0.931. The molecule has 7 heteroatoms. The maximum atomic E-state index is 12.0. The van der Waals surface area contributed by atoms with Gasteiger partial charge >= 0.3 is 0 Å². The molecule has 2 unspecified atom stereocenters. The van der Waals surface area contributed by atoms with Gasteiger partial charge in [0, 0.05) is 34.6 Å². The van der Waals surface area contributed by atoms with Crippen LogP contribution in [0.2, 0.25) is 5.02 Å². The molecule has 2 rings (SSSR count). The van der Waals surface area contributed by atoms with Crippen LogP contribution in [-0.4, -0.2) is 31.5 Å². The van der Waals surface area contributed by atoms with Crippen LogP contribution in [0, 0.1) is 5.92 Å². The zero-order chi connectivity index (χ0) is 14.9. The number of carbonyl (C=O) groups is 1. The number of rotatable bonds is 4. The standard InChI is InChI=1S/C13H15Cl2NO3S/c1-9(11-3-2-4-12(14)6-11)16-7-10(5-13(16)17)8-20(15,18)19/h2-4,6,9-10H,5,7-8H2,1H3. The zero-order valence-electron chi connectivity index (χ0n) is 10.9. The van der Waals surface area contributed by atoms with Gasteiger partial charge in [-0.2, -0.15) is 0 Å². The minimum Gasteiger partial charge on any atom is -0.336 e. The predicted octanol–water partition coefficient (Wildman–Crippen LogP) is 2.82. The highest BCUT2D eigenvalue weighted by Crippen LogP contribution is 2.30. The van der Waals surface area contributed by atoms with Crippen molar-refractivity contribution in [2.75, 3.05) is 12.3 Å². The molecule has 0 aliphatic carbocycles. The summed E-state index contributed by atoms with van der Waals surface area (Å²) in [6, 6.07) is 7.17. The summed E-state index contributed by atoms with van der Waals surface area (Å²) in [5, 5.41) is 0.612. The van der Waals surface area contributed by atoms with Crippen LogP contribution >= 0.6 is 22.3 Å². The van der Waals surface area contributed by atoms with E-state index in [0.29, 0.717) is 11.6 Å². The first-order chi connectivity index (χ1) is 9.26. The van der Waals surface area contributed by atoms with Crippen molar-refractivity contribution in [3.05, 3.63) is 34.9 Å². The van der Waals surface area contributed by atoms with Crippen molar-refractivity contribution in [3.8, 4) is 0 Å². The minimum absolute atomic E-state index is 0.0530. The maximum absolute atomic E-state index is 12.0. The van der Waals surface area contributed by atoms with E-state index in [-0.39, 0.29) is 30.0 Å². The van der Waals surface area contributed by atoms with E-state index >= 15 is 0 Å². The molecular weight excluding hydrogens is 321 g/mol. The summed E-state index contributed by atoms with van der Waals surface area (Å²) < 4.78 is 22.2. The van der Waals surface area contributed by atoms with Crippen molar-refractivity contribution in [2.45, 2.75) is 19.4 Å². The van der Waals surface area contributed by atoms with Crippen LogP contribution in [0.3, 0.4) is 0 Å². The molecule has 0 N–H and O–H groups in total. The van der Waals surface area contributed by atoms with Gasteiger partial charge in [-0.25, -0.2) is 8.42 Å². The van der Waals surface area contributed by atoms with Crippen LogP contribution < -0.4 is 0 Å². The Balaban J connectivity index is 2.11. The molecule has 4 nitrogen and oxygen atoms in total. The van der Waals surface area contributed by atoms with Gasteiger partial charge in [0.15, 0.2) is 0 Å². The average Bonchev–Trinajstić information content (AvgIpc) is 2.66. The Labute approximate surface area is 128 Å². The van der Waals surface area contributed by atoms with Crippen molar-refractivity contribution in [1.29, 1.82) is 0 Å². The predicted molar refractivity (Wildman–Crippen MR) is 79.3 cm³/mol. The molecule has 110 valence electrons. The summed E-state index contributed by atoms with van der Waals surface area (Å²) in [4.78, 5) is 13.7. The van der Waals surface area contributed by atoms with Crippen LogP contribution in [0.5, 0.6) is 0 Å². The van der Waals surface area contributed by atoms with Gasteiger partial charge in [-0.1, -0.05) is 23.7 Å².